The van der Waals surface area contributed by atoms with Crippen LogP contribution in [0.15, 0.2) is 24.3 Å². The number of aryl methyl sites for hydroxylation is 1. The highest BCUT2D eigenvalue weighted by Crippen LogP contribution is 2.35. The van der Waals surface area contributed by atoms with Gasteiger partial charge < -0.3 is 20.1 Å². The van der Waals surface area contributed by atoms with E-state index in [4.69, 9.17) is 9.47 Å². The topological polar surface area (TPSA) is 68.3 Å². The van der Waals surface area contributed by atoms with Gasteiger partial charge >= 0.3 is 0 Å². The molecule has 0 unspecified atom stereocenters. The Balaban J connectivity index is 1.76. The number of nitrogens with one attached hydrogen (secondary N) is 2. The molecular weight excluding hydrogens is 280 g/mol. The van der Waals surface area contributed by atoms with Crippen LogP contribution in [0.4, 0.5) is 17.3 Å². The van der Waals surface area contributed by atoms with Crippen molar-refractivity contribution >= 4 is 17.3 Å². The molecule has 0 amide bonds. The van der Waals surface area contributed by atoms with E-state index in [9.17, 15) is 0 Å². The summed E-state index contributed by atoms with van der Waals surface area (Å²) in [5.74, 6) is 4.36. The third-order valence-electron chi connectivity index (χ3n) is 3.17. The van der Waals surface area contributed by atoms with E-state index in [0.717, 1.165) is 41.2 Å². The number of nitrogens with zero attached hydrogens (tertiary/aromatic N) is 2. The first-order valence-corrected chi connectivity index (χ1v) is 7.36. The number of fused-ring (bicyclic) bond motifs is 1. The zero-order valence-electron chi connectivity index (χ0n) is 13.0. The lowest BCUT2D eigenvalue weighted by molar-refractivity contribution is 0.174. The lowest BCUT2D eigenvalue weighted by Crippen LogP contribution is -2.10. The fraction of sp³-hybridized carbons (Fsp3) is 0.375. The molecule has 116 valence electrons. The van der Waals surface area contributed by atoms with Gasteiger partial charge in [0.05, 0.1) is 0 Å². The lowest BCUT2D eigenvalue weighted by atomic mass is 10.2. The molecule has 6 heteroatoms. The van der Waals surface area contributed by atoms with E-state index in [1.165, 1.54) is 0 Å². The second-order valence-corrected chi connectivity index (χ2v) is 5.65. The molecule has 0 fully saturated rings. The molecular formula is C16H20N4O2. The molecule has 0 spiro atoms. The molecule has 0 atom stereocenters. The van der Waals surface area contributed by atoms with Crippen molar-refractivity contribution in [2.45, 2.75) is 20.8 Å². The molecule has 0 saturated carbocycles. The van der Waals surface area contributed by atoms with Crippen LogP contribution in [0.25, 0.3) is 0 Å². The highest BCUT2D eigenvalue weighted by molar-refractivity contribution is 5.63. The number of ether oxygens (including phenoxy) is 2. The van der Waals surface area contributed by atoms with Gasteiger partial charge in [-0.2, -0.15) is 0 Å². The Morgan fingerprint density at radius 3 is 2.68 bits per heavy atom. The Labute approximate surface area is 129 Å². The van der Waals surface area contributed by atoms with Crippen molar-refractivity contribution in [2.75, 3.05) is 24.0 Å². The smallest absolute Gasteiger partial charge is 0.231 e. The van der Waals surface area contributed by atoms with Crippen LogP contribution < -0.4 is 20.1 Å². The van der Waals surface area contributed by atoms with E-state index in [0.29, 0.717) is 5.92 Å². The number of hydrogen-bond acceptors (Lipinski definition) is 6. The van der Waals surface area contributed by atoms with Gasteiger partial charge in [0.2, 0.25) is 6.79 Å². The van der Waals surface area contributed by atoms with E-state index < -0.39 is 0 Å². The van der Waals surface area contributed by atoms with Crippen LogP contribution >= 0.6 is 0 Å². The Morgan fingerprint density at radius 1 is 1.09 bits per heavy atom. The second-order valence-electron chi connectivity index (χ2n) is 5.65. The third kappa shape index (κ3) is 3.39. The van der Waals surface area contributed by atoms with Crippen LogP contribution in [0, 0.1) is 12.8 Å². The van der Waals surface area contributed by atoms with Crippen molar-refractivity contribution in [3.8, 4) is 11.5 Å². The van der Waals surface area contributed by atoms with Crippen molar-refractivity contribution in [1.29, 1.82) is 0 Å². The van der Waals surface area contributed by atoms with Crippen LogP contribution in [0.5, 0.6) is 11.5 Å². The summed E-state index contributed by atoms with van der Waals surface area (Å²) >= 11 is 0. The molecule has 1 aromatic carbocycles. The molecule has 0 saturated heterocycles. The third-order valence-corrected chi connectivity index (χ3v) is 3.17. The van der Waals surface area contributed by atoms with Gasteiger partial charge in [0.15, 0.2) is 11.5 Å². The molecule has 0 bridgehead atoms. The summed E-state index contributed by atoms with van der Waals surface area (Å²) in [6, 6.07) is 7.63. The van der Waals surface area contributed by atoms with E-state index in [1.54, 1.807) is 0 Å². The molecule has 2 N–H and O–H groups in total. The van der Waals surface area contributed by atoms with Gasteiger partial charge in [0.25, 0.3) is 0 Å². The first-order valence-electron chi connectivity index (χ1n) is 7.36. The minimum Gasteiger partial charge on any atom is -0.454 e. The highest BCUT2D eigenvalue weighted by Gasteiger charge is 2.13. The first kappa shape index (κ1) is 14.4. The van der Waals surface area contributed by atoms with Gasteiger partial charge in [-0.15, -0.1) is 0 Å². The maximum Gasteiger partial charge on any atom is 0.231 e. The van der Waals surface area contributed by atoms with Gasteiger partial charge in [-0.3, -0.25) is 0 Å². The standard InChI is InChI=1S/C16H20N4O2/c1-10(2)8-17-15-7-16(19-11(3)18-15)20-12-4-5-13-14(6-12)22-9-21-13/h4-7,10H,8-9H2,1-3H3,(H2,17,18,19,20). The van der Waals surface area contributed by atoms with E-state index in [-0.39, 0.29) is 6.79 Å². The van der Waals surface area contributed by atoms with E-state index >= 15 is 0 Å². The van der Waals surface area contributed by atoms with E-state index in [2.05, 4.69) is 34.4 Å². The van der Waals surface area contributed by atoms with Crippen LogP contribution in [-0.4, -0.2) is 23.3 Å². The number of benzene rings is 1. The predicted molar refractivity (Wildman–Crippen MR) is 85.9 cm³/mol. The molecule has 2 aromatic rings. The predicted octanol–water partition coefficient (Wildman–Crippen LogP) is 3.33. The number of aromatic nitrogens is 2. The average Bonchev–Trinajstić information content (AvgIpc) is 2.92. The zero-order valence-corrected chi connectivity index (χ0v) is 13.0. The summed E-state index contributed by atoms with van der Waals surface area (Å²) in [6.45, 7) is 7.35. The summed E-state index contributed by atoms with van der Waals surface area (Å²) < 4.78 is 10.7. The molecule has 2 heterocycles. The molecule has 1 aliphatic rings. The number of rotatable bonds is 5. The van der Waals surface area contributed by atoms with E-state index in [1.807, 2.05) is 31.2 Å². The van der Waals surface area contributed by atoms with Crippen molar-refractivity contribution in [1.82, 2.24) is 9.97 Å². The first-order chi connectivity index (χ1) is 10.6. The van der Waals surface area contributed by atoms with Crippen molar-refractivity contribution in [3.63, 3.8) is 0 Å². The number of hydrogen-bond donors (Lipinski definition) is 2. The fourth-order valence-electron chi connectivity index (χ4n) is 2.15. The van der Waals surface area contributed by atoms with Crippen LogP contribution in [0.1, 0.15) is 19.7 Å². The van der Waals surface area contributed by atoms with Gasteiger partial charge in [0.1, 0.15) is 17.5 Å². The van der Waals surface area contributed by atoms with Gasteiger partial charge in [-0.05, 0) is 25.0 Å². The minimum absolute atomic E-state index is 0.272. The van der Waals surface area contributed by atoms with Gasteiger partial charge in [-0.25, -0.2) is 9.97 Å². The van der Waals surface area contributed by atoms with Crippen LogP contribution in [-0.2, 0) is 0 Å². The average molecular weight is 300 g/mol. The molecule has 0 aliphatic carbocycles. The molecule has 1 aliphatic heterocycles. The lowest BCUT2D eigenvalue weighted by Gasteiger charge is -2.11. The largest absolute Gasteiger partial charge is 0.454 e. The van der Waals surface area contributed by atoms with Crippen molar-refractivity contribution in [3.05, 3.63) is 30.1 Å². The Bertz CT molecular complexity index is 673. The Hall–Kier alpha value is -2.50. The van der Waals surface area contributed by atoms with Crippen LogP contribution in [0.2, 0.25) is 0 Å². The Kier molecular flexibility index (Phi) is 4.00. The molecule has 22 heavy (non-hydrogen) atoms. The summed E-state index contributed by atoms with van der Waals surface area (Å²) in [4.78, 5) is 8.81. The second kappa shape index (κ2) is 6.09. The molecule has 1 aromatic heterocycles. The molecule has 6 nitrogen and oxygen atoms in total. The molecule has 0 radical (unpaired) electrons. The minimum atomic E-state index is 0.272. The quantitative estimate of drug-likeness (QED) is 0.883. The maximum atomic E-state index is 5.38. The van der Waals surface area contributed by atoms with Crippen molar-refractivity contribution in [2.24, 2.45) is 5.92 Å². The normalized spacial score (nSPS) is 12.5. The zero-order chi connectivity index (χ0) is 15.5. The molecule has 3 rings (SSSR count). The van der Waals surface area contributed by atoms with Crippen molar-refractivity contribution < 1.29 is 9.47 Å². The van der Waals surface area contributed by atoms with Gasteiger partial charge in [-0.1, -0.05) is 13.8 Å². The SMILES string of the molecule is Cc1nc(NCC(C)C)cc(Nc2ccc3c(c2)OCO3)n1. The Morgan fingerprint density at radius 2 is 1.86 bits per heavy atom. The summed E-state index contributed by atoms with van der Waals surface area (Å²) in [5, 5.41) is 6.59. The maximum absolute atomic E-state index is 5.38. The summed E-state index contributed by atoms with van der Waals surface area (Å²) in [5.41, 5.74) is 0.900. The summed E-state index contributed by atoms with van der Waals surface area (Å²) in [7, 11) is 0. The number of anilines is 3. The fourth-order valence-corrected chi connectivity index (χ4v) is 2.15. The monoisotopic (exact) mass is 300 g/mol. The highest BCUT2D eigenvalue weighted by atomic mass is 16.7. The summed E-state index contributed by atoms with van der Waals surface area (Å²) in [6.07, 6.45) is 0. The van der Waals surface area contributed by atoms with Gasteiger partial charge in [0, 0.05) is 24.4 Å². The van der Waals surface area contributed by atoms with Crippen LogP contribution in [0.3, 0.4) is 0 Å².